The number of hydrogen-bond acceptors (Lipinski definition) is 6. The summed E-state index contributed by atoms with van der Waals surface area (Å²) >= 11 is 0. The number of carbonyl (C=O) groups excluding carboxylic acids is 3. The van der Waals surface area contributed by atoms with Gasteiger partial charge in [0.25, 0.3) is 0 Å². The molecule has 0 aromatic heterocycles. The van der Waals surface area contributed by atoms with Crippen molar-refractivity contribution in [2.75, 3.05) is 20.3 Å². The normalized spacial score (nSPS) is 16.6. The smallest absolute Gasteiger partial charge is 0.309 e. The van der Waals surface area contributed by atoms with E-state index in [4.69, 9.17) is 9.47 Å². The van der Waals surface area contributed by atoms with Crippen LogP contribution in [0.3, 0.4) is 0 Å². The van der Waals surface area contributed by atoms with E-state index in [1.165, 1.54) is 7.11 Å². The highest BCUT2D eigenvalue weighted by molar-refractivity contribution is 5.86. The molecule has 2 aromatic carbocycles. The zero-order chi connectivity index (χ0) is 31.8. The molecule has 0 heterocycles. The third-order valence-electron chi connectivity index (χ3n) is 8.31. The zero-order valence-corrected chi connectivity index (χ0v) is 25.9. The van der Waals surface area contributed by atoms with Crippen molar-refractivity contribution in [1.82, 2.24) is 10.6 Å². The molecular weight excluding hydrogens is 556 g/mol. The third-order valence-corrected chi connectivity index (χ3v) is 8.31. The van der Waals surface area contributed by atoms with Crippen LogP contribution in [0.25, 0.3) is 0 Å². The van der Waals surface area contributed by atoms with Gasteiger partial charge < -0.3 is 25.2 Å². The number of hydrogen-bond donors (Lipinski definition) is 3. The van der Waals surface area contributed by atoms with Crippen molar-refractivity contribution in [3.05, 3.63) is 97.1 Å². The molecule has 0 spiro atoms. The molecule has 3 N–H and O–H groups in total. The predicted molar refractivity (Wildman–Crippen MR) is 171 cm³/mol. The van der Waals surface area contributed by atoms with Crippen molar-refractivity contribution in [2.45, 2.75) is 75.5 Å². The first-order chi connectivity index (χ1) is 21.3. The van der Waals surface area contributed by atoms with E-state index in [1.807, 2.05) is 60.7 Å². The van der Waals surface area contributed by atoms with Gasteiger partial charge >= 0.3 is 5.97 Å². The van der Waals surface area contributed by atoms with Crippen molar-refractivity contribution in [2.24, 2.45) is 11.8 Å². The van der Waals surface area contributed by atoms with E-state index in [9.17, 15) is 19.5 Å². The summed E-state index contributed by atoms with van der Waals surface area (Å²) in [6.07, 6.45) is 7.85. The molecule has 8 heteroatoms. The Morgan fingerprint density at radius 2 is 1.64 bits per heavy atom. The van der Waals surface area contributed by atoms with Crippen LogP contribution < -0.4 is 10.6 Å². The van der Waals surface area contributed by atoms with E-state index < -0.39 is 29.5 Å². The van der Waals surface area contributed by atoms with E-state index in [0.29, 0.717) is 32.1 Å². The second-order valence-corrected chi connectivity index (χ2v) is 11.7. The van der Waals surface area contributed by atoms with Gasteiger partial charge in [-0.15, -0.1) is 13.2 Å². The highest BCUT2D eigenvalue weighted by Crippen LogP contribution is 2.30. The number of allylic oxidation sites excluding steroid dienone is 2. The van der Waals surface area contributed by atoms with Gasteiger partial charge in [-0.1, -0.05) is 85.7 Å². The van der Waals surface area contributed by atoms with E-state index >= 15 is 0 Å². The SMILES string of the molecule is C=CCCC(Cc1ccccc1)C(=O)OC(c1ccccc1)C(COC)NC(=O)C(CC=C)CC(=O)NC1(CO)CCCC1. The van der Waals surface area contributed by atoms with Crippen LogP contribution in [-0.2, 0) is 30.3 Å². The average Bonchev–Trinajstić information content (AvgIpc) is 3.51. The summed E-state index contributed by atoms with van der Waals surface area (Å²) in [4.78, 5) is 40.5. The number of esters is 1. The van der Waals surface area contributed by atoms with Crippen molar-refractivity contribution < 1.29 is 29.0 Å². The molecule has 0 bridgehead atoms. The summed E-state index contributed by atoms with van der Waals surface area (Å²) in [7, 11) is 1.52. The second-order valence-electron chi connectivity index (χ2n) is 11.7. The van der Waals surface area contributed by atoms with Crippen molar-refractivity contribution in [3.63, 3.8) is 0 Å². The maximum absolute atomic E-state index is 13.7. The molecule has 2 amide bonds. The minimum Gasteiger partial charge on any atom is -0.455 e. The first-order valence-corrected chi connectivity index (χ1v) is 15.6. The van der Waals surface area contributed by atoms with Crippen LogP contribution in [-0.4, -0.2) is 54.8 Å². The fourth-order valence-electron chi connectivity index (χ4n) is 5.88. The van der Waals surface area contributed by atoms with E-state index in [0.717, 1.165) is 24.0 Å². The Balaban J connectivity index is 1.81. The number of carbonyl (C=O) groups is 3. The molecule has 2 aromatic rings. The lowest BCUT2D eigenvalue weighted by atomic mass is 9.94. The summed E-state index contributed by atoms with van der Waals surface area (Å²) in [6, 6.07) is 18.4. The molecule has 1 aliphatic rings. The summed E-state index contributed by atoms with van der Waals surface area (Å²) < 4.78 is 11.7. The number of amides is 2. The van der Waals surface area contributed by atoms with Crippen LogP contribution >= 0.6 is 0 Å². The van der Waals surface area contributed by atoms with Gasteiger partial charge in [0.05, 0.1) is 36.6 Å². The van der Waals surface area contributed by atoms with Crippen molar-refractivity contribution in [3.8, 4) is 0 Å². The molecule has 0 saturated heterocycles. The first kappa shape index (κ1) is 34.7. The molecular formula is C36H48N2O6. The number of ether oxygens (including phenoxy) is 2. The number of benzene rings is 2. The Kier molecular flexibility index (Phi) is 14.3. The standard InChI is InChI=1S/C36H48N2O6/c1-4-6-18-30(23-27-16-9-7-10-17-27)35(42)44-33(28-19-11-8-12-20-28)31(25-43-3)37-34(41)29(15-5-2)24-32(40)38-36(26-39)21-13-14-22-36/h4-5,7-12,16-17,19-20,29-31,33,39H,1-2,6,13-15,18,21-26H2,3H3,(H,37,41)(H,38,40). The molecule has 0 aliphatic heterocycles. The van der Waals surface area contributed by atoms with Gasteiger partial charge in [-0.05, 0) is 49.7 Å². The Morgan fingerprint density at radius 1 is 0.977 bits per heavy atom. The Morgan fingerprint density at radius 3 is 2.23 bits per heavy atom. The predicted octanol–water partition coefficient (Wildman–Crippen LogP) is 5.23. The second kappa shape index (κ2) is 18.1. The molecule has 8 nitrogen and oxygen atoms in total. The van der Waals surface area contributed by atoms with Crippen LogP contribution in [0, 0.1) is 11.8 Å². The van der Waals surface area contributed by atoms with Crippen molar-refractivity contribution >= 4 is 17.8 Å². The van der Waals surface area contributed by atoms with Gasteiger partial charge in [-0.2, -0.15) is 0 Å². The van der Waals surface area contributed by atoms with E-state index in [2.05, 4.69) is 23.8 Å². The molecule has 4 atom stereocenters. The number of aliphatic hydroxyl groups excluding tert-OH is 1. The molecule has 44 heavy (non-hydrogen) atoms. The molecule has 4 unspecified atom stereocenters. The van der Waals surface area contributed by atoms with Gasteiger partial charge in [0.1, 0.15) is 6.10 Å². The van der Waals surface area contributed by atoms with Gasteiger partial charge in [-0.3, -0.25) is 14.4 Å². The van der Waals surface area contributed by atoms with Gasteiger partial charge in [0.2, 0.25) is 11.8 Å². The van der Waals surface area contributed by atoms with Crippen LogP contribution in [0.2, 0.25) is 0 Å². The fourth-order valence-corrected chi connectivity index (χ4v) is 5.88. The lowest BCUT2D eigenvalue weighted by Gasteiger charge is -2.31. The van der Waals surface area contributed by atoms with Gasteiger partial charge in [-0.25, -0.2) is 0 Å². The quantitative estimate of drug-likeness (QED) is 0.150. The Labute approximate surface area is 261 Å². The zero-order valence-electron chi connectivity index (χ0n) is 25.9. The van der Waals surface area contributed by atoms with Gasteiger partial charge in [0, 0.05) is 13.5 Å². The number of methoxy groups -OCH3 is 1. The highest BCUT2D eigenvalue weighted by Gasteiger charge is 2.37. The Hall–Kier alpha value is -3.75. The van der Waals surface area contributed by atoms with E-state index in [-0.39, 0.29) is 43.8 Å². The topological polar surface area (TPSA) is 114 Å². The van der Waals surface area contributed by atoms with Crippen molar-refractivity contribution in [1.29, 1.82) is 0 Å². The summed E-state index contributed by atoms with van der Waals surface area (Å²) in [5.41, 5.74) is 1.12. The summed E-state index contributed by atoms with van der Waals surface area (Å²) in [5.74, 6) is -2.13. The third kappa shape index (κ3) is 10.5. The molecule has 238 valence electrons. The lowest BCUT2D eigenvalue weighted by Crippen LogP contribution is -2.51. The molecule has 1 saturated carbocycles. The van der Waals surface area contributed by atoms with Crippen LogP contribution in [0.1, 0.15) is 68.6 Å². The monoisotopic (exact) mass is 604 g/mol. The number of rotatable bonds is 19. The maximum Gasteiger partial charge on any atom is 0.309 e. The molecule has 0 radical (unpaired) electrons. The molecule has 3 rings (SSSR count). The minimum atomic E-state index is -0.830. The first-order valence-electron chi connectivity index (χ1n) is 15.6. The van der Waals surface area contributed by atoms with E-state index in [1.54, 1.807) is 12.2 Å². The Bertz CT molecular complexity index is 1200. The average molecular weight is 605 g/mol. The fraction of sp³-hybridized carbons (Fsp3) is 0.472. The van der Waals surface area contributed by atoms with Gasteiger partial charge in [0.15, 0.2) is 0 Å². The maximum atomic E-state index is 13.7. The lowest BCUT2D eigenvalue weighted by molar-refractivity contribution is -0.158. The molecule has 1 aliphatic carbocycles. The largest absolute Gasteiger partial charge is 0.455 e. The molecule has 1 fully saturated rings. The number of nitrogens with one attached hydrogen (secondary N) is 2. The van der Waals surface area contributed by atoms with Crippen LogP contribution in [0.4, 0.5) is 0 Å². The summed E-state index contributed by atoms with van der Waals surface area (Å²) in [6.45, 7) is 7.55. The highest BCUT2D eigenvalue weighted by atomic mass is 16.5. The van der Waals surface area contributed by atoms with Crippen LogP contribution in [0.15, 0.2) is 86.0 Å². The summed E-state index contributed by atoms with van der Waals surface area (Å²) in [5, 5.41) is 15.9. The van der Waals surface area contributed by atoms with Crippen LogP contribution in [0.5, 0.6) is 0 Å². The minimum absolute atomic E-state index is 0.0597. The number of aliphatic hydroxyl groups is 1.